The highest BCUT2D eigenvalue weighted by Gasteiger charge is 2.51. The molecule has 7 rings (SSSR count). The maximum atomic E-state index is 12.7. The summed E-state index contributed by atoms with van der Waals surface area (Å²) in [7, 11) is 0. The van der Waals surface area contributed by atoms with E-state index in [9.17, 15) is 9.59 Å². The van der Waals surface area contributed by atoms with Crippen LogP contribution in [-0.4, -0.2) is 12.6 Å². The van der Waals surface area contributed by atoms with E-state index in [1.54, 1.807) is 44.9 Å². The highest BCUT2D eigenvalue weighted by atomic mass is 32.1. The molecule has 0 N–H and O–H groups in total. The smallest absolute Gasteiger partial charge is 0.160 e. The van der Waals surface area contributed by atoms with Gasteiger partial charge in [-0.2, -0.15) is 0 Å². The molecule has 3 aliphatic carbocycles. The minimum Gasteiger partial charge on any atom is -0.297 e. The van der Waals surface area contributed by atoms with Crippen LogP contribution in [0.25, 0.3) is 32.0 Å². The van der Waals surface area contributed by atoms with Crippen molar-refractivity contribution in [3.05, 3.63) is 79.5 Å². The van der Waals surface area contributed by atoms with Gasteiger partial charge in [0.15, 0.2) is 12.6 Å². The van der Waals surface area contributed by atoms with Crippen molar-refractivity contribution in [2.45, 2.75) is 276 Å². The van der Waals surface area contributed by atoms with Crippen LogP contribution in [0.4, 0.5) is 0 Å². The minimum absolute atomic E-state index is 0.0582. The Hall–Kier alpha value is -2.82. The van der Waals surface area contributed by atoms with E-state index >= 15 is 0 Å². The molecule has 2 nitrogen and oxygen atoms in total. The Morgan fingerprint density at radius 3 is 0.826 bits per heavy atom. The summed E-state index contributed by atoms with van der Waals surface area (Å²) in [6.45, 7) is 14.0. The van der Waals surface area contributed by atoms with E-state index in [0.29, 0.717) is 0 Å². The summed E-state index contributed by atoms with van der Waals surface area (Å²) in [4.78, 5) is 30.1. The lowest BCUT2D eigenvalue weighted by molar-refractivity contribution is 0.111. The van der Waals surface area contributed by atoms with Gasteiger partial charge in [-0.3, -0.25) is 9.59 Å². The quantitative estimate of drug-likeness (QED) is 0.0336. The van der Waals surface area contributed by atoms with Crippen LogP contribution >= 0.6 is 22.7 Å². The van der Waals surface area contributed by atoms with Crippen LogP contribution in [0.1, 0.15) is 313 Å². The van der Waals surface area contributed by atoms with E-state index in [1.807, 2.05) is 0 Å². The predicted molar refractivity (Wildman–Crippen MR) is 303 cm³/mol. The molecule has 2 aromatic heterocycles. The molecule has 0 saturated heterocycles. The molecule has 0 spiro atoms. The molecule has 0 amide bonds. The number of unbranched alkanes of at least 4 members (excludes halogenated alkanes) is 22. The Morgan fingerprint density at radius 2 is 0.536 bits per heavy atom. The van der Waals surface area contributed by atoms with E-state index in [0.717, 1.165) is 22.3 Å². The summed E-state index contributed by atoms with van der Waals surface area (Å²) in [6.07, 6.45) is 45.2. The van der Waals surface area contributed by atoms with Crippen molar-refractivity contribution in [2.24, 2.45) is 0 Å². The Morgan fingerprint density at radius 1 is 0.304 bits per heavy atom. The second-order valence-electron chi connectivity index (χ2n) is 22.4. The van der Waals surface area contributed by atoms with E-state index in [1.165, 1.54) is 261 Å². The summed E-state index contributed by atoms with van der Waals surface area (Å²) in [5, 5.41) is 0. The molecule has 378 valence electrons. The standard InChI is InChI=1S/C65H94O2S2/c1-7-13-19-25-27-33-35-63(36-34-28-26-20-14-8-2)55-45-53-57(64(37-29-21-15-9-3,38-30-22-16-10-4)59-41-49(47-66)68-61(53)59)43-51(55)52-44-58-54(46-56(52)63)62-60(42-50(48-67)69-62)65(58,39-31-23-17-11-5)40-32-24-18-12-6/h41-48H,7-40H2,1-6H3. The van der Waals surface area contributed by atoms with Crippen molar-refractivity contribution in [3.8, 4) is 32.0 Å². The average molecular weight is 972 g/mol. The van der Waals surface area contributed by atoms with Crippen LogP contribution < -0.4 is 0 Å². The van der Waals surface area contributed by atoms with Gasteiger partial charge in [0.2, 0.25) is 0 Å². The summed E-state index contributed by atoms with van der Waals surface area (Å²) in [5.41, 5.74) is 15.1. The van der Waals surface area contributed by atoms with Crippen molar-refractivity contribution < 1.29 is 9.59 Å². The number of thiophene rings is 2. The van der Waals surface area contributed by atoms with Crippen LogP contribution in [0.5, 0.6) is 0 Å². The van der Waals surface area contributed by atoms with Gasteiger partial charge in [-0.05, 0) is 131 Å². The summed E-state index contributed by atoms with van der Waals surface area (Å²) < 4.78 is 0. The molecule has 0 fully saturated rings. The number of rotatable bonds is 36. The molecular weight excluding hydrogens is 877 g/mol. The van der Waals surface area contributed by atoms with Crippen molar-refractivity contribution in [2.75, 3.05) is 0 Å². The molecule has 0 saturated carbocycles. The summed E-state index contributed by atoms with van der Waals surface area (Å²) in [5.74, 6) is 0. The first-order valence-electron chi connectivity index (χ1n) is 29.4. The lowest BCUT2D eigenvalue weighted by Gasteiger charge is -2.35. The third-order valence-corrected chi connectivity index (χ3v) is 19.9. The normalized spacial score (nSPS) is 15.2. The van der Waals surface area contributed by atoms with Crippen molar-refractivity contribution in [3.63, 3.8) is 0 Å². The minimum atomic E-state index is -0.0684. The average Bonchev–Trinajstić information content (AvgIpc) is 4.16. The van der Waals surface area contributed by atoms with Crippen molar-refractivity contribution in [1.29, 1.82) is 0 Å². The highest BCUT2D eigenvalue weighted by molar-refractivity contribution is 7.17. The van der Waals surface area contributed by atoms with Gasteiger partial charge in [0.05, 0.1) is 9.75 Å². The van der Waals surface area contributed by atoms with Crippen molar-refractivity contribution >= 4 is 35.2 Å². The van der Waals surface area contributed by atoms with Crippen LogP contribution in [0, 0.1) is 0 Å². The third kappa shape index (κ3) is 11.4. The number of benzene rings is 2. The second kappa shape index (κ2) is 26.2. The zero-order valence-corrected chi connectivity index (χ0v) is 46.4. The SMILES string of the molecule is CCCCCCCCC1(CCCCCCCC)c2cc3c(cc2-c2cc4c(cc21)-c1sc(C=O)cc1C4(CCCCCC)CCCCCC)C(CCCCCC)(CCCCCC)c1cc(C=O)sc1-3. The largest absolute Gasteiger partial charge is 0.297 e. The first-order valence-corrected chi connectivity index (χ1v) is 31.1. The van der Waals surface area contributed by atoms with Gasteiger partial charge in [0, 0.05) is 26.0 Å². The maximum Gasteiger partial charge on any atom is 0.160 e. The lowest BCUT2D eigenvalue weighted by atomic mass is 9.68. The number of carbonyl (C=O) groups is 2. The van der Waals surface area contributed by atoms with E-state index in [-0.39, 0.29) is 16.2 Å². The molecule has 0 unspecified atom stereocenters. The fourth-order valence-electron chi connectivity index (χ4n) is 13.9. The van der Waals surface area contributed by atoms with Crippen LogP contribution in [0.2, 0.25) is 0 Å². The second-order valence-corrected chi connectivity index (χ2v) is 24.6. The molecule has 69 heavy (non-hydrogen) atoms. The van der Waals surface area contributed by atoms with Gasteiger partial charge in [-0.1, -0.05) is 221 Å². The molecule has 2 heterocycles. The first-order chi connectivity index (χ1) is 33.9. The van der Waals surface area contributed by atoms with Crippen molar-refractivity contribution in [1.82, 2.24) is 0 Å². The predicted octanol–water partition coefficient (Wildman–Crippen LogP) is 21.6. The number of hydrogen-bond donors (Lipinski definition) is 0. The van der Waals surface area contributed by atoms with Gasteiger partial charge < -0.3 is 0 Å². The third-order valence-electron chi connectivity index (χ3n) is 17.7. The molecule has 0 radical (unpaired) electrons. The topological polar surface area (TPSA) is 34.1 Å². The fraction of sp³-hybridized carbons (Fsp3) is 0.662. The molecule has 4 aromatic rings. The van der Waals surface area contributed by atoms with Crippen LogP contribution in [0.15, 0.2) is 36.4 Å². The Balaban J connectivity index is 1.48. The van der Waals surface area contributed by atoms with Gasteiger partial charge in [-0.25, -0.2) is 0 Å². The Kier molecular flexibility index (Phi) is 20.5. The number of aldehydes is 2. The monoisotopic (exact) mass is 971 g/mol. The van der Waals surface area contributed by atoms with Gasteiger partial charge in [-0.15, -0.1) is 22.7 Å². The Labute approximate surface area is 430 Å². The number of fused-ring (bicyclic) bond motifs is 9. The molecule has 0 aliphatic heterocycles. The van der Waals surface area contributed by atoms with Gasteiger partial charge >= 0.3 is 0 Å². The molecule has 3 aliphatic rings. The maximum absolute atomic E-state index is 12.7. The Bertz CT molecular complexity index is 2070. The van der Waals surface area contributed by atoms with Crippen LogP contribution in [0.3, 0.4) is 0 Å². The highest BCUT2D eigenvalue weighted by Crippen LogP contribution is 2.65. The summed E-state index contributed by atoms with van der Waals surface area (Å²) >= 11 is 3.57. The number of hydrogen-bond acceptors (Lipinski definition) is 4. The van der Waals surface area contributed by atoms with Gasteiger partial charge in [0.1, 0.15) is 0 Å². The summed E-state index contributed by atoms with van der Waals surface area (Å²) in [6, 6.07) is 15.8. The first kappa shape index (κ1) is 54.0. The zero-order valence-electron chi connectivity index (χ0n) is 44.8. The number of carbonyl (C=O) groups excluding carboxylic acids is 2. The molecular formula is C65H94O2S2. The molecule has 0 bridgehead atoms. The fourth-order valence-corrected chi connectivity index (χ4v) is 16.1. The molecule has 2 aromatic carbocycles. The molecule has 4 heteroatoms. The van der Waals surface area contributed by atoms with E-state index in [2.05, 4.69) is 77.9 Å². The van der Waals surface area contributed by atoms with E-state index in [4.69, 9.17) is 0 Å². The van der Waals surface area contributed by atoms with Gasteiger partial charge in [0.25, 0.3) is 0 Å². The zero-order chi connectivity index (χ0) is 48.7. The van der Waals surface area contributed by atoms with E-state index < -0.39 is 0 Å². The molecule has 0 atom stereocenters. The lowest BCUT2D eigenvalue weighted by Crippen LogP contribution is -2.27. The van der Waals surface area contributed by atoms with Crippen LogP contribution in [-0.2, 0) is 16.2 Å².